The van der Waals surface area contributed by atoms with Crippen LogP contribution in [0.4, 0.5) is 0 Å². The quantitative estimate of drug-likeness (QED) is 0.707. The number of nitrogens with two attached hydrogens (primary N) is 1. The number of rotatable bonds is 0. The van der Waals surface area contributed by atoms with Crippen LogP contribution in [0.15, 0.2) is 23.1 Å². The Morgan fingerprint density at radius 2 is 2.00 bits per heavy atom. The zero-order chi connectivity index (χ0) is 10.3. The maximum atomic E-state index is 6.24. The van der Waals surface area contributed by atoms with Gasteiger partial charge in [0.2, 0.25) is 0 Å². The summed E-state index contributed by atoms with van der Waals surface area (Å²) < 4.78 is 0. The number of aryl methyl sites for hydroxylation is 1. The first-order valence-electron chi connectivity index (χ1n) is 5.13. The minimum atomic E-state index is 0.209. The largest absolute Gasteiger partial charge is 0.324 e. The molecule has 3 atom stereocenters. The Labute approximate surface area is 90.1 Å². The number of hydrogen-bond donors (Lipinski definition) is 1. The van der Waals surface area contributed by atoms with E-state index in [1.165, 1.54) is 16.0 Å². The molecule has 1 nitrogen and oxygen atoms in total. The van der Waals surface area contributed by atoms with Crippen molar-refractivity contribution in [2.75, 3.05) is 0 Å². The maximum absolute atomic E-state index is 6.24. The first-order valence-corrected chi connectivity index (χ1v) is 6.01. The Morgan fingerprint density at radius 1 is 1.29 bits per heavy atom. The van der Waals surface area contributed by atoms with Crippen LogP contribution in [0.3, 0.4) is 0 Å². The minimum absolute atomic E-state index is 0.209. The summed E-state index contributed by atoms with van der Waals surface area (Å²) in [5.41, 5.74) is 8.93. The Hall–Kier alpha value is -0.470. The normalized spacial score (nSPS) is 31.3. The third kappa shape index (κ3) is 1.47. The van der Waals surface area contributed by atoms with Crippen LogP contribution in [-0.2, 0) is 0 Å². The Morgan fingerprint density at radius 3 is 2.71 bits per heavy atom. The zero-order valence-electron chi connectivity index (χ0n) is 8.95. The highest BCUT2D eigenvalue weighted by atomic mass is 32.2. The summed E-state index contributed by atoms with van der Waals surface area (Å²) in [5, 5.41) is 0.624. The number of fused-ring (bicyclic) bond motifs is 1. The van der Waals surface area contributed by atoms with Crippen LogP contribution in [0.1, 0.15) is 31.0 Å². The highest BCUT2D eigenvalue weighted by Crippen LogP contribution is 2.44. The monoisotopic (exact) mass is 207 g/mol. The third-order valence-electron chi connectivity index (χ3n) is 3.21. The van der Waals surface area contributed by atoms with Gasteiger partial charge >= 0.3 is 0 Å². The second kappa shape index (κ2) is 3.59. The van der Waals surface area contributed by atoms with Crippen LogP contribution < -0.4 is 5.73 Å². The summed E-state index contributed by atoms with van der Waals surface area (Å²) in [5.74, 6) is 0.564. The van der Waals surface area contributed by atoms with Crippen LogP contribution in [-0.4, -0.2) is 5.25 Å². The maximum Gasteiger partial charge on any atom is 0.0342 e. The van der Waals surface area contributed by atoms with Gasteiger partial charge in [-0.25, -0.2) is 0 Å². The van der Waals surface area contributed by atoms with Gasteiger partial charge in [-0.3, -0.25) is 0 Å². The van der Waals surface area contributed by atoms with Crippen molar-refractivity contribution in [3.8, 4) is 0 Å². The van der Waals surface area contributed by atoms with E-state index in [1.54, 1.807) is 0 Å². The van der Waals surface area contributed by atoms with E-state index in [1.807, 2.05) is 11.8 Å². The molecule has 76 valence electrons. The predicted molar refractivity (Wildman–Crippen MR) is 62.6 cm³/mol. The summed E-state index contributed by atoms with van der Waals surface area (Å²) in [6.45, 7) is 6.68. The molecule has 2 N–H and O–H groups in total. The van der Waals surface area contributed by atoms with Crippen LogP contribution in [0.5, 0.6) is 0 Å². The molecule has 0 amide bonds. The van der Waals surface area contributed by atoms with E-state index in [2.05, 4.69) is 39.0 Å². The van der Waals surface area contributed by atoms with E-state index < -0.39 is 0 Å². The molecule has 1 aromatic rings. The van der Waals surface area contributed by atoms with Gasteiger partial charge in [0.15, 0.2) is 0 Å². The highest BCUT2D eigenvalue weighted by Gasteiger charge is 2.29. The second-order valence-corrected chi connectivity index (χ2v) is 5.59. The van der Waals surface area contributed by atoms with Gasteiger partial charge in [-0.2, -0.15) is 0 Å². The lowest BCUT2D eigenvalue weighted by atomic mass is 9.91. The van der Waals surface area contributed by atoms with E-state index in [9.17, 15) is 0 Å². The lowest BCUT2D eigenvalue weighted by Gasteiger charge is -2.34. The highest BCUT2D eigenvalue weighted by molar-refractivity contribution is 8.00. The molecule has 1 aliphatic rings. The lowest BCUT2D eigenvalue weighted by Crippen LogP contribution is -2.30. The first kappa shape index (κ1) is 10.1. The molecule has 0 aromatic heterocycles. The van der Waals surface area contributed by atoms with Crippen molar-refractivity contribution in [2.24, 2.45) is 11.7 Å². The Balaban J connectivity index is 2.50. The Bertz CT molecular complexity index is 348. The molecule has 2 rings (SSSR count). The lowest BCUT2D eigenvalue weighted by molar-refractivity contribution is 0.452. The van der Waals surface area contributed by atoms with Crippen LogP contribution in [0, 0.1) is 12.8 Å². The van der Waals surface area contributed by atoms with Crippen LogP contribution in [0.2, 0.25) is 0 Å². The van der Waals surface area contributed by atoms with Gasteiger partial charge in [-0.1, -0.05) is 32.0 Å². The van der Waals surface area contributed by atoms with Gasteiger partial charge in [0.1, 0.15) is 0 Å². The number of hydrogen-bond acceptors (Lipinski definition) is 2. The van der Waals surface area contributed by atoms with Gasteiger partial charge in [-0.05, 0) is 24.0 Å². The molecule has 1 aliphatic heterocycles. The van der Waals surface area contributed by atoms with Crippen molar-refractivity contribution in [3.63, 3.8) is 0 Å². The second-order valence-electron chi connectivity index (χ2n) is 4.20. The molecule has 0 fully saturated rings. The van der Waals surface area contributed by atoms with E-state index in [-0.39, 0.29) is 6.04 Å². The van der Waals surface area contributed by atoms with Crippen LogP contribution >= 0.6 is 11.8 Å². The minimum Gasteiger partial charge on any atom is -0.324 e. The SMILES string of the molecule is Cc1cccc2c1SC(C)C(C)C2N. The average molecular weight is 207 g/mol. The van der Waals surface area contributed by atoms with Gasteiger partial charge < -0.3 is 5.73 Å². The molecule has 0 saturated heterocycles. The molecule has 0 spiro atoms. The van der Waals surface area contributed by atoms with Gasteiger partial charge in [-0.15, -0.1) is 11.8 Å². The molecule has 0 radical (unpaired) electrons. The third-order valence-corrected chi connectivity index (χ3v) is 4.81. The van der Waals surface area contributed by atoms with Crippen molar-refractivity contribution < 1.29 is 0 Å². The molecular weight excluding hydrogens is 190 g/mol. The van der Waals surface area contributed by atoms with E-state index in [4.69, 9.17) is 5.73 Å². The summed E-state index contributed by atoms with van der Waals surface area (Å²) in [6, 6.07) is 6.65. The van der Waals surface area contributed by atoms with Crippen molar-refractivity contribution >= 4 is 11.8 Å². The number of thioether (sulfide) groups is 1. The van der Waals surface area contributed by atoms with Crippen molar-refractivity contribution in [1.29, 1.82) is 0 Å². The molecule has 2 heteroatoms. The van der Waals surface area contributed by atoms with Crippen molar-refractivity contribution in [2.45, 2.75) is 37.0 Å². The van der Waals surface area contributed by atoms with Gasteiger partial charge in [0, 0.05) is 16.2 Å². The molecule has 0 bridgehead atoms. The summed E-state index contributed by atoms with van der Waals surface area (Å²) in [6.07, 6.45) is 0. The smallest absolute Gasteiger partial charge is 0.0342 e. The molecular formula is C12H17NS. The van der Waals surface area contributed by atoms with Gasteiger partial charge in [0.05, 0.1) is 0 Å². The van der Waals surface area contributed by atoms with E-state index >= 15 is 0 Å². The summed E-state index contributed by atoms with van der Waals surface area (Å²) >= 11 is 1.97. The fraction of sp³-hybridized carbons (Fsp3) is 0.500. The standard InChI is InChI=1S/C12H17NS/c1-7-5-4-6-10-11(13)8(2)9(3)14-12(7)10/h4-6,8-9,11H,13H2,1-3H3. The molecule has 1 aromatic carbocycles. The summed E-state index contributed by atoms with van der Waals surface area (Å²) in [7, 11) is 0. The molecule has 0 saturated carbocycles. The summed E-state index contributed by atoms with van der Waals surface area (Å²) in [4.78, 5) is 1.41. The molecule has 0 aliphatic carbocycles. The topological polar surface area (TPSA) is 26.0 Å². The van der Waals surface area contributed by atoms with Gasteiger partial charge in [0.25, 0.3) is 0 Å². The molecule has 1 heterocycles. The van der Waals surface area contributed by atoms with E-state index in [0.29, 0.717) is 11.2 Å². The number of benzene rings is 1. The van der Waals surface area contributed by atoms with Crippen molar-refractivity contribution in [3.05, 3.63) is 29.3 Å². The zero-order valence-corrected chi connectivity index (χ0v) is 9.77. The average Bonchev–Trinajstić information content (AvgIpc) is 2.17. The molecule has 3 unspecified atom stereocenters. The van der Waals surface area contributed by atoms with E-state index in [0.717, 1.165) is 0 Å². The Kier molecular flexibility index (Phi) is 2.58. The fourth-order valence-corrected chi connectivity index (χ4v) is 3.32. The van der Waals surface area contributed by atoms with Crippen LogP contribution in [0.25, 0.3) is 0 Å². The fourth-order valence-electron chi connectivity index (χ4n) is 1.97. The first-order chi connectivity index (χ1) is 6.61. The van der Waals surface area contributed by atoms with Crippen molar-refractivity contribution in [1.82, 2.24) is 0 Å². The molecule has 14 heavy (non-hydrogen) atoms. The predicted octanol–water partition coefficient (Wildman–Crippen LogP) is 3.13.